The van der Waals surface area contributed by atoms with E-state index in [0.29, 0.717) is 11.8 Å². The second-order valence-corrected chi connectivity index (χ2v) is 3.34. The summed E-state index contributed by atoms with van der Waals surface area (Å²) >= 11 is 0.489. The van der Waals surface area contributed by atoms with E-state index in [2.05, 4.69) is 5.73 Å². The number of carbonyl (C=O) groups excluding carboxylic acids is 1. The second kappa shape index (κ2) is 4.09. The SMILES string of the molecule is CSc1c(F)c(F)c(C(N)=O)c(F)c1F. The lowest BCUT2D eigenvalue weighted by Crippen LogP contribution is -2.18. The number of primary amides is 1. The Labute approximate surface area is 86.4 Å². The lowest BCUT2D eigenvalue weighted by atomic mass is 10.1. The maximum absolute atomic E-state index is 13.1. The fourth-order valence-electron chi connectivity index (χ4n) is 1.01. The molecule has 0 aliphatic heterocycles. The molecule has 0 unspecified atom stereocenters. The Hall–Kier alpha value is -1.24. The minimum atomic E-state index is -1.77. The molecular weight excluding hydrogens is 234 g/mol. The molecule has 1 aromatic rings. The topological polar surface area (TPSA) is 43.1 Å². The third-order valence-corrected chi connectivity index (χ3v) is 2.44. The summed E-state index contributed by atoms with van der Waals surface area (Å²) in [5, 5.41) is 0. The zero-order valence-corrected chi connectivity index (χ0v) is 8.22. The molecule has 0 heterocycles. The Morgan fingerprint density at radius 2 is 1.47 bits per heavy atom. The second-order valence-electron chi connectivity index (χ2n) is 2.53. The van der Waals surface area contributed by atoms with Crippen molar-refractivity contribution >= 4 is 17.7 Å². The molecule has 0 saturated carbocycles. The average molecular weight is 239 g/mol. The standard InChI is InChI=1S/C8H5F4NOS/c1-15-7-5(11)3(9)2(8(13)14)4(10)6(7)12/h1H3,(H2,13,14). The van der Waals surface area contributed by atoms with Crippen molar-refractivity contribution in [1.82, 2.24) is 0 Å². The van der Waals surface area contributed by atoms with Crippen molar-refractivity contribution in [2.24, 2.45) is 5.73 Å². The van der Waals surface area contributed by atoms with Gasteiger partial charge in [0.05, 0.1) is 4.90 Å². The van der Waals surface area contributed by atoms with Gasteiger partial charge in [-0.1, -0.05) is 0 Å². The molecule has 2 nitrogen and oxygen atoms in total. The summed E-state index contributed by atoms with van der Waals surface area (Å²) in [7, 11) is 0. The van der Waals surface area contributed by atoms with E-state index in [1.54, 1.807) is 0 Å². The van der Waals surface area contributed by atoms with Crippen LogP contribution in [-0.2, 0) is 0 Å². The number of amides is 1. The number of benzene rings is 1. The first-order valence-corrected chi connectivity index (χ1v) is 4.84. The van der Waals surface area contributed by atoms with Crippen LogP contribution >= 0.6 is 11.8 Å². The molecule has 0 radical (unpaired) electrons. The van der Waals surface area contributed by atoms with Gasteiger partial charge in [0.25, 0.3) is 5.91 Å². The van der Waals surface area contributed by atoms with E-state index in [4.69, 9.17) is 0 Å². The van der Waals surface area contributed by atoms with Crippen molar-refractivity contribution in [3.8, 4) is 0 Å². The van der Waals surface area contributed by atoms with Gasteiger partial charge in [-0.2, -0.15) is 0 Å². The van der Waals surface area contributed by atoms with Crippen LogP contribution in [0.25, 0.3) is 0 Å². The van der Waals surface area contributed by atoms with E-state index in [1.165, 1.54) is 6.26 Å². The van der Waals surface area contributed by atoms with Crippen LogP contribution < -0.4 is 5.73 Å². The first-order valence-electron chi connectivity index (χ1n) is 3.61. The number of hydrogen-bond acceptors (Lipinski definition) is 2. The molecule has 0 aliphatic rings. The Morgan fingerprint density at radius 3 is 1.73 bits per heavy atom. The molecule has 1 aromatic carbocycles. The third kappa shape index (κ3) is 1.79. The van der Waals surface area contributed by atoms with E-state index < -0.39 is 39.6 Å². The van der Waals surface area contributed by atoms with E-state index in [9.17, 15) is 22.4 Å². The van der Waals surface area contributed by atoms with Gasteiger partial charge in [0, 0.05) is 0 Å². The summed E-state index contributed by atoms with van der Waals surface area (Å²) in [5.74, 6) is -8.34. The van der Waals surface area contributed by atoms with Crippen LogP contribution in [0, 0.1) is 23.3 Å². The van der Waals surface area contributed by atoms with Gasteiger partial charge in [0.1, 0.15) is 5.56 Å². The van der Waals surface area contributed by atoms with E-state index in [0.717, 1.165) is 0 Å². The first kappa shape index (κ1) is 11.8. The minimum Gasteiger partial charge on any atom is -0.365 e. The zero-order valence-electron chi connectivity index (χ0n) is 7.41. The van der Waals surface area contributed by atoms with Crippen molar-refractivity contribution in [2.75, 3.05) is 6.26 Å². The fraction of sp³-hybridized carbons (Fsp3) is 0.125. The van der Waals surface area contributed by atoms with Crippen LogP contribution in [0.15, 0.2) is 4.90 Å². The molecule has 0 atom stereocenters. The summed E-state index contributed by atoms with van der Waals surface area (Å²) in [5.41, 5.74) is 3.19. The molecule has 7 heteroatoms. The highest BCUT2D eigenvalue weighted by molar-refractivity contribution is 7.98. The molecular formula is C8H5F4NOS. The van der Waals surface area contributed by atoms with Gasteiger partial charge < -0.3 is 5.73 Å². The zero-order chi connectivity index (χ0) is 11.7. The number of nitrogens with two attached hydrogens (primary N) is 1. The monoisotopic (exact) mass is 239 g/mol. The summed E-state index contributed by atoms with van der Waals surface area (Å²) in [4.78, 5) is 9.72. The highest BCUT2D eigenvalue weighted by Crippen LogP contribution is 2.29. The van der Waals surface area contributed by atoms with Crippen molar-refractivity contribution in [1.29, 1.82) is 0 Å². The summed E-state index contributed by atoms with van der Waals surface area (Å²) in [6, 6.07) is 0. The first-order chi connectivity index (χ1) is 6.91. The van der Waals surface area contributed by atoms with Crippen LogP contribution in [0.4, 0.5) is 17.6 Å². The number of thioether (sulfide) groups is 1. The van der Waals surface area contributed by atoms with Crippen LogP contribution in [0.1, 0.15) is 10.4 Å². The Kier molecular flexibility index (Phi) is 3.23. The lowest BCUT2D eigenvalue weighted by Gasteiger charge is -2.07. The smallest absolute Gasteiger partial charge is 0.254 e. The van der Waals surface area contributed by atoms with Gasteiger partial charge in [-0.25, -0.2) is 17.6 Å². The van der Waals surface area contributed by atoms with Gasteiger partial charge >= 0.3 is 0 Å². The maximum atomic E-state index is 13.1. The Morgan fingerprint density at radius 1 is 1.07 bits per heavy atom. The molecule has 82 valence electrons. The Bertz CT molecular complexity index is 406. The van der Waals surface area contributed by atoms with Gasteiger partial charge in [-0.15, -0.1) is 11.8 Å². The fourth-order valence-corrected chi connectivity index (χ4v) is 1.54. The van der Waals surface area contributed by atoms with Crippen molar-refractivity contribution < 1.29 is 22.4 Å². The number of rotatable bonds is 2. The quantitative estimate of drug-likeness (QED) is 0.487. The molecule has 1 amide bonds. The normalized spacial score (nSPS) is 10.5. The van der Waals surface area contributed by atoms with Gasteiger partial charge in [-0.3, -0.25) is 4.79 Å². The predicted octanol–water partition coefficient (Wildman–Crippen LogP) is 2.06. The molecule has 0 aromatic heterocycles. The van der Waals surface area contributed by atoms with Crippen LogP contribution in [-0.4, -0.2) is 12.2 Å². The van der Waals surface area contributed by atoms with Crippen LogP contribution in [0.3, 0.4) is 0 Å². The van der Waals surface area contributed by atoms with Gasteiger partial charge in [0.2, 0.25) is 0 Å². The van der Waals surface area contributed by atoms with E-state index >= 15 is 0 Å². The molecule has 0 bridgehead atoms. The van der Waals surface area contributed by atoms with Crippen molar-refractivity contribution in [2.45, 2.75) is 4.90 Å². The van der Waals surface area contributed by atoms with Gasteiger partial charge in [0.15, 0.2) is 23.3 Å². The summed E-state index contributed by atoms with van der Waals surface area (Å²) < 4.78 is 52.2. The number of hydrogen-bond donors (Lipinski definition) is 1. The molecule has 2 N–H and O–H groups in total. The highest BCUT2D eigenvalue weighted by Gasteiger charge is 2.27. The predicted molar refractivity (Wildman–Crippen MR) is 46.6 cm³/mol. The number of carbonyl (C=O) groups is 1. The van der Waals surface area contributed by atoms with Crippen LogP contribution in [0.2, 0.25) is 0 Å². The molecule has 0 aliphatic carbocycles. The molecule has 0 saturated heterocycles. The van der Waals surface area contributed by atoms with Gasteiger partial charge in [-0.05, 0) is 6.26 Å². The maximum Gasteiger partial charge on any atom is 0.254 e. The van der Waals surface area contributed by atoms with Crippen molar-refractivity contribution in [3.63, 3.8) is 0 Å². The minimum absolute atomic E-state index is 0.489. The summed E-state index contributed by atoms with van der Waals surface area (Å²) in [6.07, 6.45) is 1.24. The average Bonchev–Trinajstić information content (AvgIpc) is 2.16. The highest BCUT2D eigenvalue weighted by atomic mass is 32.2. The summed E-state index contributed by atoms with van der Waals surface area (Å²) in [6.45, 7) is 0. The van der Waals surface area contributed by atoms with Crippen molar-refractivity contribution in [3.05, 3.63) is 28.8 Å². The van der Waals surface area contributed by atoms with E-state index in [-0.39, 0.29) is 0 Å². The van der Waals surface area contributed by atoms with Crippen LogP contribution in [0.5, 0.6) is 0 Å². The lowest BCUT2D eigenvalue weighted by molar-refractivity contribution is 0.0989. The molecule has 1 rings (SSSR count). The largest absolute Gasteiger partial charge is 0.365 e. The molecule has 0 fully saturated rings. The molecule has 15 heavy (non-hydrogen) atoms. The number of halogens is 4. The molecule has 0 spiro atoms. The van der Waals surface area contributed by atoms with E-state index in [1.807, 2.05) is 0 Å². The third-order valence-electron chi connectivity index (χ3n) is 1.67. The Balaban J connectivity index is 3.66.